The van der Waals surface area contributed by atoms with Gasteiger partial charge < -0.3 is 5.11 Å². The molecule has 1 fully saturated rings. The van der Waals surface area contributed by atoms with Crippen molar-refractivity contribution in [1.29, 1.82) is 0 Å². The predicted octanol–water partition coefficient (Wildman–Crippen LogP) is 2.17. The predicted molar refractivity (Wildman–Crippen MR) is 79.1 cm³/mol. The van der Waals surface area contributed by atoms with Crippen molar-refractivity contribution in [3.63, 3.8) is 0 Å². The third-order valence-corrected chi connectivity index (χ3v) is 6.08. The number of benzene rings is 1. The fraction of sp³-hybridized carbons (Fsp3) is 0.600. The van der Waals surface area contributed by atoms with Crippen LogP contribution >= 0.6 is 0 Å². The SMILES string of the molecule is CC1(C)CCCN1S(=O)(=O)c1ccc(CCCO)cc1. The van der Waals surface area contributed by atoms with Crippen LogP contribution in [0.1, 0.15) is 38.7 Å². The summed E-state index contributed by atoms with van der Waals surface area (Å²) in [7, 11) is -3.40. The minimum atomic E-state index is -3.40. The van der Waals surface area contributed by atoms with Crippen LogP contribution in [0.5, 0.6) is 0 Å². The molecule has 1 heterocycles. The van der Waals surface area contributed by atoms with Crippen molar-refractivity contribution >= 4 is 10.0 Å². The molecule has 0 saturated carbocycles. The molecule has 0 radical (unpaired) electrons. The van der Waals surface area contributed by atoms with Crippen molar-refractivity contribution in [3.05, 3.63) is 29.8 Å². The minimum Gasteiger partial charge on any atom is -0.396 e. The molecule has 1 aliphatic heterocycles. The van der Waals surface area contributed by atoms with Crippen molar-refractivity contribution in [1.82, 2.24) is 4.31 Å². The molecule has 0 unspecified atom stereocenters. The Morgan fingerprint density at radius 3 is 2.40 bits per heavy atom. The molecule has 0 amide bonds. The second kappa shape index (κ2) is 5.84. The maximum atomic E-state index is 12.7. The van der Waals surface area contributed by atoms with Gasteiger partial charge >= 0.3 is 0 Å². The summed E-state index contributed by atoms with van der Waals surface area (Å²) < 4.78 is 26.9. The standard InChI is InChI=1S/C15H23NO3S/c1-15(2)10-4-11-16(15)20(18,19)14-8-6-13(7-9-14)5-3-12-17/h6-9,17H,3-5,10-12H2,1-2H3. The molecule has 0 bridgehead atoms. The van der Waals surface area contributed by atoms with Crippen molar-refractivity contribution in [2.24, 2.45) is 0 Å². The van der Waals surface area contributed by atoms with Gasteiger partial charge in [0.1, 0.15) is 0 Å². The zero-order valence-corrected chi connectivity index (χ0v) is 13.0. The van der Waals surface area contributed by atoms with Crippen LogP contribution in [-0.2, 0) is 16.4 Å². The Kier molecular flexibility index (Phi) is 4.52. The highest BCUT2D eigenvalue weighted by Gasteiger charge is 2.40. The van der Waals surface area contributed by atoms with Crippen LogP contribution in [0.2, 0.25) is 0 Å². The second-order valence-electron chi connectivity index (χ2n) is 5.96. The van der Waals surface area contributed by atoms with Crippen molar-refractivity contribution < 1.29 is 13.5 Å². The summed E-state index contributed by atoms with van der Waals surface area (Å²) in [4.78, 5) is 0.361. The Hall–Kier alpha value is -0.910. The van der Waals surface area contributed by atoms with Gasteiger partial charge in [-0.2, -0.15) is 4.31 Å². The molecule has 0 spiro atoms. The van der Waals surface area contributed by atoms with E-state index in [2.05, 4.69) is 0 Å². The lowest BCUT2D eigenvalue weighted by Gasteiger charge is -2.30. The van der Waals surface area contributed by atoms with Crippen LogP contribution < -0.4 is 0 Å². The molecule has 0 atom stereocenters. The zero-order valence-electron chi connectivity index (χ0n) is 12.2. The van der Waals surface area contributed by atoms with Gasteiger partial charge in [-0.25, -0.2) is 8.42 Å². The van der Waals surface area contributed by atoms with Crippen molar-refractivity contribution in [2.75, 3.05) is 13.2 Å². The normalized spacial score (nSPS) is 19.4. The monoisotopic (exact) mass is 297 g/mol. The maximum Gasteiger partial charge on any atom is 0.243 e. The number of aliphatic hydroxyl groups is 1. The Morgan fingerprint density at radius 1 is 1.25 bits per heavy atom. The van der Waals surface area contributed by atoms with Gasteiger partial charge in [0.2, 0.25) is 10.0 Å². The molecule has 0 aromatic heterocycles. The first-order chi connectivity index (χ1) is 9.38. The highest BCUT2D eigenvalue weighted by molar-refractivity contribution is 7.89. The van der Waals surface area contributed by atoms with Gasteiger partial charge in [0.15, 0.2) is 0 Å². The average Bonchev–Trinajstić information content (AvgIpc) is 2.77. The molecular weight excluding hydrogens is 274 g/mol. The van der Waals surface area contributed by atoms with E-state index in [0.717, 1.165) is 24.8 Å². The highest BCUT2D eigenvalue weighted by Crippen LogP contribution is 2.33. The highest BCUT2D eigenvalue weighted by atomic mass is 32.2. The van der Waals surface area contributed by atoms with Crippen LogP contribution in [0.4, 0.5) is 0 Å². The van der Waals surface area contributed by atoms with Crippen LogP contribution in [0.3, 0.4) is 0 Å². The van der Waals surface area contributed by atoms with Gasteiger partial charge in [-0.1, -0.05) is 12.1 Å². The van der Waals surface area contributed by atoms with E-state index in [9.17, 15) is 8.42 Å². The first-order valence-electron chi connectivity index (χ1n) is 7.10. The zero-order chi connectivity index (χ0) is 14.8. The summed E-state index contributed by atoms with van der Waals surface area (Å²) in [6, 6.07) is 7.03. The number of hydrogen-bond acceptors (Lipinski definition) is 3. The summed E-state index contributed by atoms with van der Waals surface area (Å²) in [5.41, 5.74) is 0.757. The molecule has 1 aromatic carbocycles. The second-order valence-corrected chi connectivity index (χ2v) is 7.83. The lowest BCUT2D eigenvalue weighted by molar-refractivity contribution is 0.288. The molecule has 0 aliphatic carbocycles. The van der Waals surface area contributed by atoms with Crippen LogP contribution in [0.25, 0.3) is 0 Å². The molecule has 4 nitrogen and oxygen atoms in total. The topological polar surface area (TPSA) is 57.6 Å². The Balaban J connectivity index is 2.22. The Morgan fingerprint density at radius 2 is 1.90 bits per heavy atom. The smallest absolute Gasteiger partial charge is 0.243 e. The van der Waals surface area contributed by atoms with Gasteiger partial charge in [-0.05, 0) is 57.2 Å². The molecule has 20 heavy (non-hydrogen) atoms. The number of nitrogens with zero attached hydrogens (tertiary/aromatic N) is 1. The number of hydrogen-bond donors (Lipinski definition) is 1. The summed E-state index contributed by atoms with van der Waals surface area (Å²) in [6.45, 7) is 4.71. The minimum absolute atomic E-state index is 0.155. The van der Waals surface area contributed by atoms with Crippen LogP contribution in [-0.4, -0.2) is 36.5 Å². The summed E-state index contributed by atoms with van der Waals surface area (Å²) in [5.74, 6) is 0. The molecule has 112 valence electrons. The lowest BCUT2D eigenvalue weighted by Crippen LogP contribution is -2.42. The third kappa shape index (κ3) is 3.05. The summed E-state index contributed by atoms with van der Waals surface area (Å²) in [5, 5.41) is 8.81. The van der Waals surface area contributed by atoms with Gasteiger partial charge in [-0.15, -0.1) is 0 Å². The fourth-order valence-electron chi connectivity index (χ4n) is 2.77. The molecule has 2 rings (SSSR count). The van der Waals surface area contributed by atoms with E-state index in [4.69, 9.17) is 5.11 Å². The van der Waals surface area contributed by atoms with Crippen molar-refractivity contribution in [2.45, 2.75) is 50.0 Å². The molecule has 1 N–H and O–H groups in total. The number of aryl methyl sites for hydroxylation is 1. The lowest BCUT2D eigenvalue weighted by atomic mass is 10.0. The Bertz CT molecular complexity index is 549. The van der Waals surface area contributed by atoms with E-state index in [1.54, 1.807) is 16.4 Å². The van der Waals surface area contributed by atoms with Gasteiger partial charge in [-0.3, -0.25) is 0 Å². The van der Waals surface area contributed by atoms with Crippen LogP contribution in [0, 0.1) is 0 Å². The van der Waals surface area contributed by atoms with Gasteiger partial charge in [0.25, 0.3) is 0 Å². The number of rotatable bonds is 5. The number of sulfonamides is 1. The quantitative estimate of drug-likeness (QED) is 0.906. The van der Waals surface area contributed by atoms with Gasteiger partial charge in [0, 0.05) is 18.7 Å². The molecule has 5 heteroatoms. The third-order valence-electron chi connectivity index (χ3n) is 3.96. The average molecular weight is 297 g/mol. The largest absolute Gasteiger partial charge is 0.396 e. The fourth-order valence-corrected chi connectivity index (χ4v) is 4.61. The summed E-state index contributed by atoms with van der Waals surface area (Å²) in [6.07, 6.45) is 3.29. The molecular formula is C15H23NO3S. The maximum absolute atomic E-state index is 12.7. The van der Waals surface area contributed by atoms with Gasteiger partial charge in [0.05, 0.1) is 4.90 Å². The van der Waals surface area contributed by atoms with E-state index < -0.39 is 10.0 Å². The Labute approximate surface area is 121 Å². The first-order valence-corrected chi connectivity index (χ1v) is 8.54. The van der Waals surface area contributed by atoms with Crippen molar-refractivity contribution in [3.8, 4) is 0 Å². The van der Waals surface area contributed by atoms with Crippen LogP contribution in [0.15, 0.2) is 29.2 Å². The van der Waals surface area contributed by atoms with E-state index in [1.807, 2.05) is 26.0 Å². The molecule has 1 saturated heterocycles. The first kappa shape index (κ1) is 15.5. The molecule has 1 aromatic rings. The van der Waals surface area contributed by atoms with E-state index >= 15 is 0 Å². The number of aliphatic hydroxyl groups excluding tert-OH is 1. The van der Waals surface area contributed by atoms with E-state index in [1.165, 1.54) is 0 Å². The van der Waals surface area contributed by atoms with E-state index in [-0.39, 0.29) is 12.1 Å². The molecule has 1 aliphatic rings. The summed E-state index contributed by atoms with van der Waals surface area (Å²) >= 11 is 0. The van der Waals surface area contributed by atoms with E-state index in [0.29, 0.717) is 17.9 Å².